The molecular formula is C11H15BrN6. The van der Waals surface area contributed by atoms with Gasteiger partial charge in [-0.2, -0.15) is 4.80 Å². The molecule has 7 heteroatoms. The Morgan fingerprint density at radius 1 is 1.50 bits per heavy atom. The Bertz CT molecular complexity index is 538. The van der Waals surface area contributed by atoms with Gasteiger partial charge >= 0.3 is 0 Å². The number of tetrazole rings is 1. The molecule has 1 unspecified atom stereocenters. The smallest absolute Gasteiger partial charge is 0.176 e. The van der Waals surface area contributed by atoms with Crippen LogP contribution in [0.4, 0.5) is 0 Å². The third-order valence-corrected chi connectivity index (χ3v) is 3.25. The molecule has 0 radical (unpaired) electrons. The number of benzene rings is 1. The van der Waals surface area contributed by atoms with Gasteiger partial charge in [-0.25, -0.2) is 0 Å². The van der Waals surface area contributed by atoms with Gasteiger partial charge in [-0.3, -0.25) is 11.3 Å². The quantitative estimate of drug-likeness (QED) is 0.651. The molecule has 0 saturated carbocycles. The lowest BCUT2D eigenvalue weighted by molar-refractivity contribution is 0.533. The van der Waals surface area contributed by atoms with Gasteiger partial charge in [0.15, 0.2) is 5.82 Å². The molecule has 0 bridgehead atoms. The fourth-order valence-electron chi connectivity index (χ4n) is 1.83. The molecule has 96 valence electrons. The second-order valence-corrected chi connectivity index (χ2v) is 5.04. The first-order chi connectivity index (χ1) is 8.60. The van der Waals surface area contributed by atoms with Gasteiger partial charge in [0.2, 0.25) is 0 Å². The van der Waals surface area contributed by atoms with Gasteiger partial charge in [-0.15, -0.1) is 10.2 Å². The third-order valence-electron chi connectivity index (χ3n) is 2.75. The van der Waals surface area contributed by atoms with E-state index in [0.29, 0.717) is 12.2 Å². The van der Waals surface area contributed by atoms with Gasteiger partial charge in [-0.1, -0.05) is 22.0 Å². The lowest BCUT2D eigenvalue weighted by Crippen LogP contribution is -2.30. The lowest BCUT2D eigenvalue weighted by atomic mass is 9.99. The molecule has 0 saturated heterocycles. The van der Waals surface area contributed by atoms with Crippen molar-refractivity contribution in [2.45, 2.75) is 19.4 Å². The van der Waals surface area contributed by atoms with Gasteiger partial charge in [0.25, 0.3) is 0 Å². The van der Waals surface area contributed by atoms with E-state index < -0.39 is 0 Å². The van der Waals surface area contributed by atoms with Gasteiger partial charge < -0.3 is 0 Å². The van der Waals surface area contributed by atoms with Crippen LogP contribution < -0.4 is 11.3 Å². The molecule has 0 amide bonds. The van der Waals surface area contributed by atoms with Gasteiger partial charge in [0.1, 0.15) is 0 Å². The molecule has 2 aromatic rings. The normalized spacial score (nSPS) is 12.7. The monoisotopic (exact) mass is 310 g/mol. The van der Waals surface area contributed by atoms with Crippen LogP contribution in [0.15, 0.2) is 22.7 Å². The molecule has 0 fully saturated rings. The Balaban J connectivity index is 2.25. The fourth-order valence-corrected chi connectivity index (χ4v) is 2.21. The van der Waals surface area contributed by atoms with Crippen LogP contribution in [-0.4, -0.2) is 20.2 Å². The summed E-state index contributed by atoms with van der Waals surface area (Å²) in [5.74, 6) is 6.30. The van der Waals surface area contributed by atoms with E-state index >= 15 is 0 Å². The van der Waals surface area contributed by atoms with Crippen molar-refractivity contribution < 1.29 is 0 Å². The highest BCUT2D eigenvalue weighted by atomic mass is 79.9. The van der Waals surface area contributed by atoms with Crippen molar-refractivity contribution in [3.05, 3.63) is 39.6 Å². The van der Waals surface area contributed by atoms with E-state index in [0.717, 1.165) is 10.0 Å². The predicted molar refractivity (Wildman–Crippen MR) is 71.4 cm³/mol. The molecule has 1 heterocycles. The van der Waals surface area contributed by atoms with E-state index in [2.05, 4.69) is 49.8 Å². The molecule has 1 aromatic carbocycles. The molecule has 0 aliphatic carbocycles. The molecule has 1 aromatic heterocycles. The second-order valence-electron chi connectivity index (χ2n) is 4.12. The van der Waals surface area contributed by atoms with Crippen molar-refractivity contribution in [2.24, 2.45) is 12.9 Å². The van der Waals surface area contributed by atoms with Crippen molar-refractivity contribution in [3.8, 4) is 0 Å². The highest BCUT2D eigenvalue weighted by Crippen LogP contribution is 2.23. The number of hydrazine groups is 1. The number of hydrogen-bond acceptors (Lipinski definition) is 5. The van der Waals surface area contributed by atoms with E-state index in [9.17, 15) is 0 Å². The fraction of sp³-hybridized carbons (Fsp3) is 0.364. The van der Waals surface area contributed by atoms with E-state index in [4.69, 9.17) is 5.84 Å². The van der Waals surface area contributed by atoms with Crippen LogP contribution in [0.3, 0.4) is 0 Å². The summed E-state index contributed by atoms with van der Waals surface area (Å²) >= 11 is 3.47. The van der Waals surface area contributed by atoms with Crippen molar-refractivity contribution in [1.82, 2.24) is 25.6 Å². The minimum Gasteiger partial charge on any atom is -0.271 e. The minimum absolute atomic E-state index is 0.0355. The van der Waals surface area contributed by atoms with Crippen LogP contribution >= 0.6 is 15.9 Å². The first-order valence-corrected chi connectivity index (χ1v) is 6.34. The number of halogens is 1. The van der Waals surface area contributed by atoms with E-state index in [1.54, 1.807) is 7.05 Å². The average Bonchev–Trinajstić information content (AvgIpc) is 2.75. The van der Waals surface area contributed by atoms with Crippen LogP contribution in [0, 0.1) is 6.92 Å². The summed E-state index contributed by atoms with van der Waals surface area (Å²) in [7, 11) is 1.74. The molecular weight excluding hydrogens is 296 g/mol. The molecule has 0 aliphatic heterocycles. The van der Waals surface area contributed by atoms with Crippen molar-refractivity contribution >= 4 is 15.9 Å². The maximum Gasteiger partial charge on any atom is 0.176 e. The number of nitrogens with zero attached hydrogens (tertiary/aromatic N) is 4. The van der Waals surface area contributed by atoms with Crippen LogP contribution in [-0.2, 0) is 13.5 Å². The molecule has 3 N–H and O–H groups in total. The maximum atomic E-state index is 5.63. The van der Waals surface area contributed by atoms with E-state index in [-0.39, 0.29) is 6.04 Å². The standard InChI is InChI=1S/C11H15BrN6/c1-7-3-4-8(12)5-9(7)10(14-13)6-11-15-17-18(2)16-11/h3-5,10,14H,6,13H2,1-2H3. The largest absolute Gasteiger partial charge is 0.271 e. The lowest BCUT2D eigenvalue weighted by Gasteiger charge is -2.17. The average molecular weight is 311 g/mol. The number of hydrogen-bond donors (Lipinski definition) is 2. The first kappa shape index (κ1) is 13.1. The van der Waals surface area contributed by atoms with Crippen molar-refractivity contribution in [1.29, 1.82) is 0 Å². The molecule has 2 rings (SSSR count). The summed E-state index contributed by atoms with van der Waals surface area (Å²) in [4.78, 5) is 1.44. The SMILES string of the molecule is Cc1ccc(Br)cc1C(Cc1nnn(C)n1)NN. The molecule has 6 nitrogen and oxygen atoms in total. The summed E-state index contributed by atoms with van der Waals surface area (Å²) in [6.45, 7) is 2.05. The van der Waals surface area contributed by atoms with Crippen LogP contribution in [0.5, 0.6) is 0 Å². The summed E-state index contributed by atoms with van der Waals surface area (Å²) in [5.41, 5.74) is 5.10. The number of rotatable bonds is 4. The minimum atomic E-state index is -0.0355. The van der Waals surface area contributed by atoms with Crippen molar-refractivity contribution in [2.75, 3.05) is 0 Å². The van der Waals surface area contributed by atoms with Gasteiger partial charge in [-0.05, 0) is 35.4 Å². The highest BCUT2D eigenvalue weighted by Gasteiger charge is 2.16. The van der Waals surface area contributed by atoms with Gasteiger partial charge in [0, 0.05) is 10.9 Å². The molecule has 1 atom stereocenters. The maximum absolute atomic E-state index is 5.63. The number of nitrogens with two attached hydrogens (primary N) is 1. The zero-order valence-electron chi connectivity index (χ0n) is 10.3. The Morgan fingerprint density at radius 3 is 2.89 bits per heavy atom. The van der Waals surface area contributed by atoms with Crippen molar-refractivity contribution in [3.63, 3.8) is 0 Å². The molecule has 18 heavy (non-hydrogen) atoms. The third kappa shape index (κ3) is 2.92. The topological polar surface area (TPSA) is 81.7 Å². The van der Waals surface area contributed by atoms with Crippen LogP contribution in [0.2, 0.25) is 0 Å². The second kappa shape index (κ2) is 5.55. The molecule has 0 aliphatic rings. The Hall–Kier alpha value is -1.31. The summed E-state index contributed by atoms with van der Waals surface area (Å²) < 4.78 is 1.02. The number of aryl methyl sites for hydroxylation is 2. The van der Waals surface area contributed by atoms with Gasteiger partial charge in [0.05, 0.1) is 13.1 Å². The Morgan fingerprint density at radius 2 is 2.28 bits per heavy atom. The summed E-state index contributed by atoms with van der Waals surface area (Å²) in [5, 5.41) is 12.0. The number of nitrogens with one attached hydrogen (secondary N) is 1. The summed E-state index contributed by atoms with van der Waals surface area (Å²) in [6, 6.07) is 6.07. The number of aromatic nitrogens is 4. The zero-order chi connectivity index (χ0) is 13.1. The van der Waals surface area contributed by atoms with E-state index in [1.165, 1.54) is 10.4 Å². The first-order valence-electron chi connectivity index (χ1n) is 5.55. The Kier molecular flexibility index (Phi) is 4.05. The predicted octanol–water partition coefficient (Wildman–Crippen LogP) is 1.03. The highest BCUT2D eigenvalue weighted by molar-refractivity contribution is 9.10. The summed E-state index contributed by atoms with van der Waals surface area (Å²) in [6.07, 6.45) is 0.599. The molecule has 0 spiro atoms. The Labute approximate surface area is 114 Å². The van der Waals surface area contributed by atoms with Crippen LogP contribution in [0.1, 0.15) is 23.0 Å². The van der Waals surface area contributed by atoms with Crippen LogP contribution in [0.25, 0.3) is 0 Å². The van der Waals surface area contributed by atoms with E-state index in [1.807, 2.05) is 12.1 Å². The zero-order valence-corrected chi connectivity index (χ0v) is 11.8.